The molecule has 1 aromatic carbocycles. The topological polar surface area (TPSA) is 36.9 Å². The van der Waals surface area contributed by atoms with Crippen LogP contribution in [0, 0.1) is 5.41 Å². The maximum Gasteiger partial charge on any atom is 0.183 e. The standard InChI is InChI=1S/C20H24O4.2C2H6/c1-3-5-9-16(4-2)18-21-12-20(13-22-18)14-23-19(24-15-20)17-10-7-6-8-11-17;2*1-2/h3-11,18-19H,1,12-15H2,2H3;2*1-2H3/b9-5-,16-4+;;. The third-order valence-electron chi connectivity index (χ3n) is 4.27. The van der Waals surface area contributed by atoms with Crippen molar-refractivity contribution in [3.05, 3.63) is 72.4 Å². The molecule has 28 heavy (non-hydrogen) atoms. The van der Waals surface area contributed by atoms with E-state index in [0.29, 0.717) is 26.4 Å². The Morgan fingerprint density at radius 1 is 0.929 bits per heavy atom. The average Bonchev–Trinajstić information content (AvgIpc) is 2.79. The molecular formula is C24H36O4. The molecule has 4 nitrogen and oxygen atoms in total. The van der Waals surface area contributed by atoms with Crippen molar-refractivity contribution in [1.82, 2.24) is 0 Å². The van der Waals surface area contributed by atoms with Crippen molar-refractivity contribution in [1.29, 1.82) is 0 Å². The molecule has 0 bridgehead atoms. The van der Waals surface area contributed by atoms with E-state index in [0.717, 1.165) is 11.1 Å². The zero-order valence-corrected chi connectivity index (χ0v) is 18.0. The van der Waals surface area contributed by atoms with Crippen LogP contribution in [0.4, 0.5) is 0 Å². The van der Waals surface area contributed by atoms with Crippen LogP contribution in [0.2, 0.25) is 0 Å². The van der Waals surface area contributed by atoms with E-state index in [9.17, 15) is 0 Å². The van der Waals surface area contributed by atoms with Crippen LogP contribution in [0.15, 0.2) is 66.8 Å². The molecule has 2 heterocycles. The molecule has 156 valence electrons. The van der Waals surface area contributed by atoms with Gasteiger partial charge in [-0.05, 0) is 6.92 Å². The average molecular weight is 389 g/mol. The van der Waals surface area contributed by atoms with E-state index in [-0.39, 0.29) is 18.0 Å². The number of allylic oxidation sites excluding steroid dienone is 3. The summed E-state index contributed by atoms with van der Waals surface area (Å²) in [6, 6.07) is 9.97. The molecule has 4 heteroatoms. The summed E-state index contributed by atoms with van der Waals surface area (Å²) in [4.78, 5) is 0. The molecule has 0 amide bonds. The molecule has 0 aromatic heterocycles. The molecule has 1 spiro atoms. The van der Waals surface area contributed by atoms with Gasteiger partial charge in [-0.15, -0.1) is 0 Å². The number of ether oxygens (including phenoxy) is 4. The third-order valence-corrected chi connectivity index (χ3v) is 4.27. The normalized spacial score (nSPS) is 27.4. The Kier molecular flexibility index (Phi) is 11.7. The highest BCUT2D eigenvalue weighted by Crippen LogP contribution is 2.35. The minimum Gasteiger partial charge on any atom is -0.348 e. The van der Waals surface area contributed by atoms with Crippen LogP contribution in [0.1, 0.15) is 46.5 Å². The van der Waals surface area contributed by atoms with Crippen molar-refractivity contribution in [2.75, 3.05) is 26.4 Å². The minimum atomic E-state index is -0.344. The van der Waals surface area contributed by atoms with Crippen LogP contribution in [0.5, 0.6) is 0 Å². The van der Waals surface area contributed by atoms with Crippen LogP contribution >= 0.6 is 0 Å². The second-order valence-corrected chi connectivity index (χ2v) is 6.20. The molecule has 0 unspecified atom stereocenters. The quantitative estimate of drug-likeness (QED) is 0.608. The second-order valence-electron chi connectivity index (χ2n) is 6.20. The van der Waals surface area contributed by atoms with Gasteiger partial charge in [-0.25, -0.2) is 0 Å². The van der Waals surface area contributed by atoms with Crippen molar-refractivity contribution in [3.8, 4) is 0 Å². The zero-order valence-electron chi connectivity index (χ0n) is 18.0. The van der Waals surface area contributed by atoms with Crippen LogP contribution in [0.25, 0.3) is 0 Å². The molecule has 0 aliphatic carbocycles. The van der Waals surface area contributed by atoms with Crippen molar-refractivity contribution in [2.45, 2.75) is 47.2 Å². The third kappa shape index (κ3) is 6.71. The first-order valence-corrected chi connectivity index (χ1v) is 10.2. The fourth-order valence-electron chi connectivity index (χ4n) is 2.84. The van der Waals surface area contributed by atoms with Gasteiger partial charge in [-0.3, -0.25) is 0 Å². The minimum absolute atomic E-state index is 0.233. The molecule has 2 fully saturated rings. The van der Waals surface area contributed by atoms with Gasteiger partial charge in [0.1, 0.15) is 0 Å². The van der Waals surface area contributed by atoms with Crippen molar-refractivity contribution >= 4 is 0 Å². The summed E-state index contributed by atoms with van der Waals surface area (Å²) < 4.78 is 23.7. The van der Waals surface area contributed by atoms with Gasteiger partial charge in [-0.1, -0.05) is 88.9 Å². The Morgan fingerprint density at radius 2 is 1.46 bits per heavy atom. The molecule has 2 saturated heterocycles. The summed E-state index contributed by atoms with van der Waals surface area (Å²) in [7, 11) is 0. The largest absolute Gasteiger partial charge is 0.348 e. The molecule has 3 rings (SSSR count). The Labute approximate surface area is 170 Å². The monoisotopic (exact) mass is 388 g/mol. The number of benzene rings is 1. The lowest BCUT2D eigenvalue weighted by Gasteiger charge is -2.44. The van der Waals surface area contributed by atoms with Gasteiger partial charge in [0.2, 0.25) is 0 Å². The Morgan fingerprint density at radius 3 is 1.96 bits per heavy atom. The highest BCUT2D eigenvalue weighted by molar-refractivity contribution is 5.23. The van der Waals surface area contributed by atoms with Gasteiger partial charge in [0.25, 0.3) is 0 Å². The summed E-state index contributed by atoms with van der Waals surface area (Å²) >= 11 is 0. The lowest BCUT2D eigenvalue weighted by atomic mass is 9.90. The van der Waals surface area contributed by atoms with E-state index >= 15 is 0 Å². The lowest BCUT2D eigenvalue weighted by Crippen LogP contribution is -2.51. The molecule has 0 atom stereocenters. The van der Waals surface area contributed by atoms with Gasteiger partial charge in [0, 0.05) is 11.1 Å². The summed E-state index contributed by atoms with van der Waals surface area (Å²) in [5, 5.41) is 0. The van der Waals surface area contributed by atoms with Crippen molar-refractivity contribution < 1.29 is 18.9 Å². The highest BCUT2D eigenvalue weighted by Gasteiger charge is 2.42. The number of rotatable bonds is 4. The molecule has 0 N–H and O–H groups in total. The SMILES string of the molecule is C=C/C=C\C(=C/C)C1OCC2(CO1)COC(c1ccccc1)OC2.CC.CC. The van der Waals surface area contributed by atoms with E-state index in [1.807, 2.05) is 83.2 Å². The molecule has 0 radical (unpaired) electrons. The van der Waals surface area contributed by atoms with E-state index in [1.54, 1.807) is 6.08 Å². The number of hydrogen-bond acceptors (Lipinski definition) is 4. The first-order chi connectivity index (χ1) is 13.8. The smallest absolute Gasteiger partial charge is 0.183 e. The van der Waals surface area contributed by atoms with Crippen molar-refractivity contribution in [3.63, 3.8) is 0 Å². The highest BCUT2D eigenvalue weighted by atomic mass is 16.7. The van der Waals surface area contributed by atoms with Gasteiger partial charge >= 0.3 is 0 Å². The fourth-order valence-corrected chi connectivity index (χ4v) is 2.84. The number of hydrogen-bond donors (Lipinski definition) is 0. The van der Waals surface area contributed by atoms with Gasteiger partial charge in [0.05, 0.1) is 31.8 Å². The van der Waals surface area contributed by atoms with E-state index in [1.165, 1.54) is 0 Å². The lowest BCUT2D eigenvalue weighted by molar-refractivity contribution is -0.297. The predicted molar refractivity (Wildman–Crippen MR) is 115 cm³/mol. The Hall–Kier alpha value is -1.72. The summed E-state index contributed by atoms with van der Waals surface area (Å²) in [5.41, 5.74) is 1.79. The van der Waals surface area contributed by atoms with Gasteiger partial charge in [0.15, 0.2) is 12.6 Å². The molecule has 2 aliphatic heterocycles. The van der Waals surface area contributed by atoms with Crippen LogP contribution in [-0.2, 0) is 18.9 Å². The second kappa shape index (κ2) is 13.5. The van der Waals surface area contributed by atoms with Gasteiger partial charge < -0.3 is 18.9 Å². The van der Waals surface area contributed by atoms with E-state index in [4.69, 9.17) is 18.9 Å². The maximum absolute atomic E-state index is 5.93. The first-order valence-electron chi connectivity index (χ1n) is 10.2. The van der Waals surface area contributed by atoms with Crippen LogP contribution in [-0.4, -0.2) is 32.7 Å². The Bertz CT molecular complexity index is 588. The molecule has 0 saturated carbocycles. The first kappa shape index (κ1) is 24.3. The summed E-state index contributed by atoms with van der Waals surface area (Å²) in [6.07, 6.45) is 6.90. The van der Waals surface area contributed by atoms with Crippen molar-refractivity contribution in [2.24, 2.45) is 5.41 Å². The van der Waals surface area contributed by atoms with E-state index < -0.39 is 0 Å². The molecule has 1 aromatic rings. The zero-order chi connectivity index (χ0) is 20.8. The van der Waals surface area contributed by atoms with E-state index in [2.05, 4.69) is 6.58 Å². The fraction of sp³-hybridized carbons (Fsp3) is 0.500. The summed E-state index contributed by atoms with van der Waals surface area (Å²) in [5.74, 6) is 0. The van der Waals surface area contributed by atoms with Crippen LogP contribution in [0.3, 0.4) is 0 Å². The summed E-state index contributed by atoms with van der Waals surface area (Å²) in [6.45, 7) is 15.9. The maximum atomic E-state index is 5.93. The van der Waals surface area contributed by atoms with Gasteiger partial charge in [-0.2, -0.15) is 0 Å². The molecule has 2 aliphatic rings. The molecular weight excluding hydrogens is 352 g/mol. The van der Waals surface area contributed by atoms with Crippen LogP contribution < -0.4 is 0 Å². The Balaban J connectivity index is 0.000000921. The predicted octanol–water partition coefficient (Wildman–Crippen LogP) is 5.83.